The van der Waals surface area contributed by atoms with Crippen molar-refractivity contribution in [3.05, 3.63) is 52.1 Å². The minimum Gasteiger partial charge on any atom is -0.465 e. The molecule has 1 fully saturated rings. The number of fused-ring (bicyclic) bond motifs is 1. The molecule has 24 heavy (non-hydrogen) atoms. The third-order valence-electron chi connectivity index (χ3n) is 4.27. The molecule has 0 radical (unpaired) electrons. The van der Waals surface area contributed by atoms with Gasteiger partial charge in [-0.05, 0) is 25.5 Å². The summed E-state index contributed by atoms with van der Waals surface area (Å²) in [6, 6.07) is 4.58. The fourth-order valence-electron chi connectivity index (χ4n) is 3.12. The molecule has 0 saturated carbocycles. The van der Waals surface area contributed by atoms with Crippen LogP contribution >= 0.6 is 0 Å². The summed E-state index contributed by atoms with van der Waals surface area (Å²) in [5.41, 5.74) is 3.17. The van der Waals surface area contributed by atoms with Crippen LogP contribution in [0.3, 0.4) is 0 Å². The van der Waals surface area contributed by atoms with Crippen molar-refractivity contribution in [2.24, 2.45) is 5.92 Å². The Morgan fingerprint density at radius 1 is 1.38 bits per heavy atom. The minimum absolute atomic E-state index is 0.0638. The van der Waals surface area contributed by atoms with Gasteiger partial charge in [-0.1, -0.05) is 12.2 Å². The Labute approximate surface area is 138 Å². The lowest BCUT2D eigenvalue weighted by Gasteiger charge is -2.22. The number of amides is 1. The Bertz CT molecular complexity index is 700. The largest absolute Gasteiger partial charge is 0.465 e. The fraction of sp³-hybridized carbons (Fsp3) is 0.375. The first-order chi connectivity index (χ1) is 11.5. The van der Waals surface area contributed by atoms with Crippen molar-refractivity contribution in [3.8, 4) is 0 Å². The molecule has 1 saturated heterocycles. The summed E-state index contributed by atoms with van der Waals surface area (Å²) in [6.45, 7) is 2.01. The number of nitro groups is 1. The van der Waals surface area contributed by atoms with Crippen molar-refractivity contribution in [2.75, 3.05) is 6.61 Å². The van der Waals surface area contributed by atoms with E-state index in [0.29, 0.717) is 12.0 Å². The van der Waals surface area contributed by atoms with E-state index in [1.807, 2.05) is 12.2 Å². The Hall–Kier alpha value is -2.74. The van der Waals surface area contributed by atoms with Gasteiger partial charge in [0.25, 0.3) is 11.6 Å². The van der Waals surface area contributed by atoms with Crippen molar-refractivity contribution in [1.82, 2.24) is 10.4 Å². The van der Waals surface area contributed by atoms with E-state index in [1.54, 1.807) is 6.92 Å². The third kappa shape index (κ3) is 2.76. The first-order valence-corrected chi connectivity index (χ1v) is 7.70. The number of nitrogens with zero attached hydrogens (tertiary/aromatic N) is 2. The molecule has 3 rings (SSSR count). The predicted octanol–water partition coefficient (Wildman–Crippen LogP) is 1.43. The molecule has 3 atom stereocenters. The number of carbonyl (C=O) groups excluding carboxylic acids is 2. The van der Waals surface area contributed by atoms with Gasteiger partial charge in [0.15, 0.2) is 0 Å². The van der Waals surface area contributed by atoms with Crippen LogP contribution in [-0.2, 0) is 9.53 Å². The van der Waals surface area contributed by atoms with Gasteiger partial charge in [-0.2, -0.15) is 0 Å². The second kappa shape index (κ2) is 6.40. The van der Waals surface area contributed by atoms with E-state index in [-0.39, 0.29) is 36.1 Å². The molecule has 0 bridgehead atoms. The van der Waals surface area contributed by atoms with Crippen LogP contribution in [0.1, 0.15) is 23.7 Å². The molecule has 1 aliphatic carbocycles. The van der Waals surface area contributed by atoms with E-state index >= 15 is 0 Å². The van der Waals surface area contributed by atoms with E-state index < -0.39 is 11.0 Å². The standard InChI is InChI=1S/C16H17N3O5/c1-2-24-16(21)14-12-4-3-5-13(12)18(17-14)15(20)10-6-8-11(9-7-10)19(22)23/h3,5-9,12-14,17H,2,4H2,1H3/t12-,13+,14+/m1/s1. The van der Waals surface area contributed by atoms with Crippen molar-refractivity contribution in [2.45, 2.75) is 25.4 Å². The van der Waals surface area contributed by atoms with E-state index in [4.69, 9.17) is 4.74 Å². The molecule has 1 heterocycles. The van der Waals surface area contributed by atoms with Gasteiger partial charge in [0.05, 0.1) is 17.6 Å². The van der Waals surface area contributed by atoms with Crippen LogP contribution in [0.5, 0.6) is 0 Å². The first-order valence-electron chi connectivity index (χ1n) is 7.70. The Kier molecular flexibility index (Phi) is 4.30. The summed E-state index contributed by atoms with van der Waals surface area (Å²) in [7, 11) is 0. The van der Waals surface area contributed by atoms with Crippen LogP contribution in [0.15, 0.2) is 36.4 Å². The number of benzene rings is 1. The monoisotopic (exact) mass is 331 g/mol. The van der Waals surface area contributed by atoms with Crippen LogP contribution in [0, 0.1) is 16.0 Å². The smallest absolute Gasteiger partial charge is 0.325 e. The number of nitrogens with one attached hydrogen (secondary N) is 1. The molecule has 1 aliphatic heterocycles. The quantitative estimate of drug-likeness (QED) is 0.387. The number of nitro benzene ring substituents is 1. The highest BCUT2D eigenvalue weighted by Crippen LogP contribution is 2.33. The Morgan fingerprint density at radius 2 is 2.08 bits per heavy atom. The Balaban J connectivity index is 1.80. The van der Waals surface area contributed by atoms with Gasteiger partial charge in [0, 0.05) is 23.6 Å². The summed E-state index contributed by atoms with van der Waals surface area (Å²) in [5.74, 6) is -0.778. The highest BCUT2D eigenvalue weighted by atomic mass is 16.6. The van der Waals surface area contributed by atoms with Crippen molar-refractivity contribution >= 4 is 17.6 Å². The summed E-state index contributed by atoms with van der Waals surface area (Å²) in [6.07, 6.45) is 4.52. The maximum absolute atomic E-state index is 12.7. The molecule has 8 nitrogen and oxygen atoms in total. The van der Waals surface area contributed by atoms with Gasteiger partial charge >= 0.3 is 5.97 Å². The zero-order chi connectivity index (χ0) is 17.3. The Morgan fingerprint density at radius 3 is 2.71 bits per heavy atom. The maximum Gasteiger partial charge on any atom is 0.325 e. The fourth-order valence-corrected chi connectivity index (χ4v) is 3.12. The number of hydrogen-bond acceptors (Lipinski definition) is 6. The molecular formula is C16H17N3O5. The van der Waals surface area contributed by atoms with E-state index in [2.05, 4.69) is 5.43 Å². The lowest BCUT2D eigenvalue weighted by molar-refractivity contribution is -0.384. The number of carbonyl (C=O) groups is 2. The predicted molar refractivity (Wildman–Crippen MR) is 83.9 cm³/mol. The average molecular weight is 331 g/mol. The van der Waals surface area contributed by atoms with Gasteiger partial charge in [-0.25, -0.2) is 5.43 Å². The number of ether oxygens (including phenoxy) is 1. The zero-order valence-electron chi connectivity index (χ0n) is 13.0. The lowest BCUT2D eigenvalue weighted by Crippen LogP contribution is -2.46. The summed E-state index contributed by atoms with van der Waals surface area (Å²) < 4.78 is 5.07. The molecular weight excluding hydrogens is 314 g/mol. The lowest BCUT2D eigenvalue weighted by atomic mass is 9.96. The normalized spacial score (nSPS) is 24.7. The van der Waals surface area contributed by atoms with Crippen molar-refractivity contribution in [3.63, 3.8) is 0 Å². The number of hydrogen-bond donors (Lipinski definition) is 1. The molecule has 1 aromatic rings. The molecule has 1 aromatic carbocycles. The van der Waals surface area contributed by atoms with Gasteiger partial charge in [0.2, 0.25) is 0 Å². The van der Waals surface area contributed by atoms with E-state index in [9.17, 15) is 19.7 Å². The second-order valence-electron chi connectivity index (χ2n) is 5.66. The van der Waals surface area contributed by atoms with E-state index in [0.717, 1.165) is 0 Å². The molecule has 0 unspecified atom stereocenters. The van der Waals surface area contributed by atoms with Crippen molar-refractivity contribution < 1.29 is 19.2 Å². The molecule has 1 N–H and O–H groups in total. The second-order valence-corrected chi connectivity index (χ2v) is 5.66. The van der Waals surface area contributed by atoms with Crippen LogP contribution in [0.2, 0.25) is 0 Å². The van der Waals surface area contributed by atoms with Crippen LogP contribution < -0.4 is 5.43 Å². The molecule has 2 aliphatic rings. The van der Waals surface area contributed by atoms with Gasteiger partial charge in [-0.3, -0.25) is 24.7 Å². The zero-order valence-corrected chi connectivity index (χ0v) is 13.0. The third-order valence-corrected chi connectivity index (χ3v) is 4.27. The molecule has 0 aromatic heterocycles. The van der Waals surface area contributed by atoms with Crippen LogP contribution in [0.25, 0.3) is 0 Å². The van der Waals surface area contributed by atoms with Crippen molar-refractivity contribution in [1.29, 1.82) is 0 Å². The topological polar surface area (TPSA) is 102 Å². The minimum atomic E-state index is -0.577. The number of esters is 1. The van der Waals surface area contributed by atoms with E-state index in [1.165, 1.54) is 29.3 Å². The first kappa shape index (κ1) is 16.1. The molecule has 126 valence electrons. The highest BCUT2D eigenvalue weighted by Gasteiger charge is 2.48. The van der Waals surface area contributed by atoms with Crippen LogP contribution in [-0.4, -0.2) is 40.5 Å². The van der Waals surface area contributed by atoms with Crippen LogP contribution in [0.4, 0.5) is 5.69 Å². The summed E-state index contributed by atoms with van der Waals surface area (Å²) in [5, 5.41) is 12.1. The SMILES string of the molecule is CCOC(=O)[C@H]1NN(C(=O)c2ccc([N+](=O)[O-])cc2)[C@H]2C=CC[C@@H]12. The molecule has 8 heteroatoms. The number of non-ortho nitro benzene ring substituents is 1. The highest BCUT2D eigenvalue weighted by molar-refractivity contribution is 5.95. The summed E-state index contributed by atoms with van der Waals surface area (Å²) >= 11 is 0. The maximum atomic E-state index is 12.7. The summed E-state index contributed by atoms with van der Waals surface area (Å²) in [4.78, 5) is 35.0. The molecule has 1 amide bonds. The number of allylic oxidation sites excluding steroid dienone is 1. The van der Waals surface area contributed by atoms with Gasteiger partial charge in [0.1, 0.15) is 6.04 Å². The van der Waals surface area contributed by atoms with Gasteiger partial charge < -0.3 is 4.74 Å². The molecule has 0 spiro atoms. The van der Waals surface area contributed by atoms with Gasteiger partial charge in [-0.15, -0.1) is 0 Å². The number of hydrazine groups is 1. The number of rotatable bonds is 4. The average Bonchev–Trinajstić information content (AvgIpc) is 3.16.